The summed E-state index contributed by atoms with van der Waals surface area (Å²) in [6.07, 6.45) is 0.633. The third kappa shape index (κ3) is 7.17. The summed E-state index contributed by atoms with van der Waals surface area (Å²) < 4.78 is 0. The lowest BCUT2D eigenvalue weighted by atomic mass is 10.1. The zero-order valence-electron chi connectivity index (χ0n) is 22.2. The molecule has 4 aromatic rings. The molecule has 2 amide bonds. The minimum atomic E-state index is -0.255. The molecule has 0 spiro atoms. The van der Waals surface area contributed by atoms with Crippen LogP contribution in [0.5, 0.6) is 0 Å². The quantitative estimate of drug-likeness (QED) is 0.241. The summed E-state index contributed by atoms with van der Waals surface area (Å²) in [5.41, 5.74) is 2.90. The van der Waals surface area contributed by atoms with Crippen LogP contribution in [0.15, 0.2) is 84.9 Å². The van der Waals surface area contributed by atoms with E-state index in [0.29, 0.717) is 65.5 Å². The number of halogens is 3. The smallest absolute Gasteiger partial charge is 0.255 e. The summed E-state index contributed by atoms with van der Waals surface area (Å²) in [5, 5.41) is 10.2. The van der Waals surface area contributed by atoms with Crippen molar-refractivity contribution in [3.05, 3.63) is 111 Å². The van der Waals surface area contributed by atoms with Crippen molar-refractivity contribution in [3.63, 3.8) is 0 Å². The van der Waals surface area contributed by atoms with Crippen molar-refractivity contribution in [2.24, 2.45) is 0 Å². The third-order valence-corrected chi connectivity index (χ3v) is 7.92. The normalized spacial score (nSPS) is 13.2. The molecule has 3 aromatic carbocycles. The lowest BCUT2D eigenvalue weighted by molar-refractivity contribution is -0.132. The molecule has 1 aliphatic heterocycles. The molecule has 41 heavy (non-hydrogen) atoms. The maximum atomic E-state index is 13.4. The van der Waals surface area contributed by atoms with E-state index in [1.165, 1.54) is 0 Å². The summed E-state index contributed by atoms with van der Waals surface area (Å²) in [4.78, 5) is 32.3. The van der Waals surface area contributed by atoms with Gasteiger partial charge in [-0.05, 0) is 54.4 Å². The number of rotatable bonds is 8. The number of piperazine rings is 1. The summed E-state index contributed by atoms with van der Waals surface area (Å²) in [6.45, 7) is 2.61. The Kier molecular flexibility index (Phi) is 9.39. The molecule has 0 atom stereocenters. The summed E-state index contributed by atoms with van der Waals surface area (Å²) in [5.74, 6) is 0.371. The van der Waals surface area contributed by atoms with E-state index in [1.807, 2.05) is 48.5 Å². The van der Waals surface area contributed by atoms with Crippen LogP contribution in [0.3, 0.4) is 0 Å². The first kappa shape index (κ1) is 28.9. The maximum absolute atomic E-state index is 13.4. The molecule has 0 unspecified atom stereocenters. The molecule has 0 saturated carbocycles. The Morgan fingerprint density at radius 1 is 0.780 bits per heavy atom. The fourth-order valence-electron chi connectivity index (χ4n) is 4.75. The molecule has 1 saturated heterocycles. The Labute approximate surface area is 254 Å². The van der Waals surface area contributed by atoms with Gasteiger partial charge in [0.15, 0.2) is 5.82 Å². The average molecular weight is 609 g/mol. The van der Waals surface area contributed by atoms with Crippen LogP contribution < -0.4 is 4.90 Å². The zero-order chi connectivity index (χ0) is 28.8. The SMILES string of the molecule is O=C(CN(CCc1ccccc1)C(=O)c1ccccc1Cl)N1CCN(c2ccc(-c3ccc(Cl)cc3Cl)nn2)CC1. The number of nitrogens with zero attached hydrogens (tertiary/aromatic N) is 5. The van der Waals surface area contributed by atoms with Crippen molar-refractivity contribution in [3.8, 4) is 11.3 Å². The van der Waals surface area contributed by atoms with E-state index in [4.69, 9.17) is 34.8 Å². The lowest BCUT2D eigenvalue weighted by Gasteiger charge is -2.36. The van der Waals surface area contributed by atoms with E-state index in [9.17, 15) is 9.59 Å². The molecule has 1 fully saturated rings. The van der Waals surface area contributed by atoms with Crippen LogP contribution in [-0.2, 0) is 11.2 Å². The van der Waals surface area contributed by atoms with Crippen molar-refractivity contribution in [2.45, 2.75) is 6.42 Å². The predicted octanol–water partition coefficient (Wildman–Crippen LogP) is 6.14. The molecule has 0 bridgehead atoms. The molecule has 0 N–H and O–H groups in total. The van der Waals surface area contributed by atoms with Crippen molar-refractivity contribution >= 4 is 52.4 Å². The van der Waals surface area contributed by atoms with Gasteiger partial charge in [0, 0.05) is 43.3 Å². The van der Waals surface area contributed by atoms with Crippen LogP contribution in [0.2, 0.25) is 15.1 Å². The highest BCUT2D eigenvalue weighted by molar-refractivity contribution is 6.36. The molecule has 1 aromatic heterocycles. The van der Waals surface area contributed by atoms with E-state index in [2.05, 4.69) is 15.1 Å². The van der Waals surface area contributed by atoms with Crippen molar-refractivity contribution in [1.29, 1.82) is 0 Å². The molecule has 5 rings (SSSR count). The largest absolute Gasteiger partial charge is 0.352 e. The average Bonchev–Trinajstić information content (AvgIpc) is 3.00. The molecule has 210 valence electrons. The van der Waals surface area contributed by atoms with E-state index < -0.39 is 0 Å². The number of carbonyl (C=O) groups is 2. The fourth-order valence-corrected chi connectivity index (χ4v) is 5.47. The van der Waals surface area contributed by atoms with Crippen LogP contribution in [0, 0.1) is 0 Å². The Balaban J connectivity index is 1.21. The minimum Gasteiger partial charge on any atom is -0.352 e. The van der Waals surface area contributed by atoms with Crippen LogP contribution in [0.1, 0.15) is 15.9 Å². The third-order valence-electron chi connectivity index (χ3n) is 7.04. The van der Waals surface area contributed by atoms with Gasteiger partial charge in [-0.2, -0.15) is 0 Å². The van der Waals surface area contributed by atoms with E-state index in [1.54, 1.807) is 46.2 Å². The summed E-state index contributed by atoms with van der Waals surface area (Å²) >= 11 is 18.6. The van der Waals surface area contributed by atoms with Gasteiger partial charge in [0.1, 0.15) is 6.54 Å². The Bertz CT molecular complexity index is 1510. The Hall–Kier alpha value is -3.65. The molecule has 1 aliphatic rings. The first-order valence-electron chi connectivity index (χ1n) is 13.3. The maximum Gasteiger partial charge on any atom is 0.255 e. The molecule has 0 aliphatic carbocycles. The van der Waals surface area contributed by atoms with E-state index >= 15 is 0 Å². The van der Waals surface area contributed by atoms with Gasteiger partial charge >= 0.3 is 0 Å². The standard InChI is InChI=1S/C31H28Cl3N5O2/c32-23-10-11-24(27(34)20-23)28-12-13-29(36-35-28)37-16-18-38(19-17-37)30(40)21-39(15-14-22-6-2-1-3-7-22)31(41)25-8-4-5-9-26(25)33/h1-13,20H,14-19,21H2. The monoisotopic (exact) mass is 607 g/mol. The van der Waals surface area contributed by atoms with Gasteiger partial charge in [-0.1, -0.05) is 77.3 Å². The second kappa shape index (κ2) is 13.3. The lowest BCUT2D eigenvalue weighted by Crippen LogP contribution is -2.52. The van der Waals surface area contributed by atoms with Gasteiger partial charge in [-0.15, -0.1) is 10.2 Å². The number of amides is 2. The Morgan fingerprint density at radius 3 is 2.20 bits per heavy atom. The number of aromatic nitrogens is 2. The molecule has 7 nitrogen and oxygen atoms in total. The molecular formula is C31H28Cl3N5O2. The summed E-state index contributed by atoms with van der Waals surface area (Å²) in [6, 6.07) is 25.9. The highest BCUT2D eigenvalue weighted by Gasteiger charge is 2.26. The topological polar surface area (TPSA) is 69.6 Å². The van der Waals surface area contributed by atoms with Crippen LogP contribution in [0.4, 0.5) is 5.82 Å². The van der Waals surface area contributed by atoms with Gasteiger partial charge in [0.05, 0.1) is 21.3 Å². The Morgan fingerprint density at radius 2 is 1.51 bits per heavy atom. The van der Waals surface area contributed by atoms with Crippen molar-refractivity contribution in [1.82, 2.24) is 20.0 Å². The molecule has 10 heteroatoms. The van der Waals surface area contributed by atoms with Crippen LogP contribution >= 0.6 is 34.8 Å². The highest BCUT2D eigenvalue weighted by atomic mass is 35.5. The number of hydrogen-bond donors (Lipinski definition) is 0. The van der Waals surface area contributed by atoms with Crippen LogP contribution in [0.25, 0.3) is 11.3 Å². The molecular weight excluding hydrogens is 581 g/mol. The fraction of sp³-hybridized carbons (Fsp3) is 0.226. The van der Waals surface area contributed by atoms with Crippen molar-refractivity contribution < 1.29 is 9.59 Å². The van der Waals surface area contributed by atoms with Gasteiger partial charge in [0.2, 0.25) is 5.91 Å². The second-order valence-electron chi connectivity index (χ2n) is 9.71. The number of carbonyl (C=O) groups excluding carboxylic acids is 2. The van der Waals surface area contributed by atoms with Gasteiger partial charge < -0.3 is 14.7 Å². The predicted molar refractivity (Wildman–Crippen MR) is 164 cm³/mol. The number of anilines is 1. The molecule has 2 heterocycles. The van der Waals surface area contributed by atoms with Gasteiger partial charge in [-0.3, -0.25) is 9.59 Å². The molecule has 0 radical (unpaired) electrons. The van der Waals surface area contributed by atoms with Gasteiger partial charge in [-0.25, -0.2) is 0 Å². The zero-order valence-corrected chi connectivity index (χ0v) is 24.5. The van der Waals surface area contributed by atoms with Crippen molar-refractivity contribution in [2.75, 3.05) is 44.2 Å². The number of benzene rings is 3. The number of hydrogen-bond acceptors (Lipinski definition) is 5. The van der Waals surface area contributed by atoms with E-state index in [-0.39, 0.29) is 18.4 Å². The minimum absolute atomic E-state index is 0.0206. The van der Waals surface area contributed by atoms with Gasteiger partial charge in [0.25, 0.3) is 5.91 Å². The first-order chi connectivity index (χ1) is 19.9. The first-order valence-corrected chi connectivity index (χ1v) is 14.4. The highest BCUT2D eigenvalue weighted by Crippen LogP contribution is 2.29. The second-order valence-corrected chi connectivity index (χ2v) is 11.0. The van der Waals surface area contributed by atoms with Crippen LogP contribution in [-0.4, -0.2) is 71.1 Å². The summed E-state index contributed by atoms with van der Waals surface area (Å²) in [7, 11) is 0. The van der Waals surface area contributed by atoms with E-state index in [0.717, 1.165) is 16.9 Å².